The van der Waals surface area contributed by atoms with E-state index in [2.05, 4.69) is 54.4 Å². The standard InChI is InChI=1S/C26H28FN7OS/c27-13-25(5-6-25)20-12-36-24(32-20)34-21-18(22(35)30-16-1-2-16)11-29-23(33-21)31-17-3-4-19-15(9-17)10-28-14-26(19)7-8-26/h3-4,9,11-12,16,28H,1-2,5-8,10,13-14H2,(H,30,35)(H2,29,31,32,33,34). The molecular weight excluding hydrogens is 477 g/mol. The van der Waals surface area contributed by atoms with E-state index in [0.717, 1.165) is 50.2 Å². The van der Waals surface area contributed by atoms with Crippen LogP contribution in [0.15, 0.2) is 29.8 Å². The van der Waals surface area contributed by atoms with Crippen LogP contribution < -0.4 is 21.3 Å². The fourth-order valence-electron chi connectivity index (χ4n) is 5.07. The fourth-order valence-corrected chi connectivity index (χ4v) is 5.90. The first-order chi connectivity index (χ1) is 17.6. The van der Waals surface area contributed by atoms with Crippen LogP contribution in [0.2, 0.25) is 0 Å². The second-order valence-electron chi connectivity index (χ2n) is 10.7. The van der Waals surface area contributed by atoms with E-state index in [1.165, 1.54) is 35.3 Å². The van der Waals surface area contributed by atoms with Crippen LogP contribution in [-0.4, -0.2) is 40.1 Å². The van der Waals surface area contributed by atoms with Gasteiger partial charge in [0.1, 0.15) is 12.2 Å². The van der Waals surface area contributed by atoms with E-state index in [1.54, 1.807) is 6.20 Å². The van der Waals surface area contributed by atoms with Crippen LogP contribution in [0, 0.1) is 0 Å². The van der Waals surface area contributed by atoms with Gasteiger partial charge >= 0.3 is 0 Å². The summed E-state index contributed by atoms with van der Waals surface area (Å²) in [6, 6.07) is 6.67. The first-order valence-electron chi connectivity index (χ1n) is 12.6. The number of carbonyl (C=O) groups excluding carboxylic acids is 1. The molecule has 3 aromatic rings. The fraction of sp³-hybridized carbons (Fsp3) is 0.462. The number of hydrogen-bond acceptors (Lipinski definition) is 8. The Balaban J connectivity index is 1.16. The number of nitrogens with one attached hydrogen (secondary N) is 4. The van der Waals surface area contributed by atoms with Crippen molar-refractivity contribution < 1.29 is 9.18 Å². The summed E-state index contributed by atoms with van der Waals surface area (Å²) in [5, 5.41) is 15.5. The predicted molar refractivity (Wildman–Crippen MR) is 137 cm³/mol. The van der Waals surface area contributed by atoms with E-state index in [-0.39, 0.29) is 11.9 Å². The Kier molecular flexibility index (Phi) is 5.04. The van der Waals surface area contributed by atoms with Gasteiger partial charge in [0.15, 0.2) is 10.9 Å². The Labute approximate surface area is 212 Å². The number of aromatic nitrogens is 3. The van der Waals surface area contributed by atoms with E-state index < -0.39 is 12.1 Å². The minimum absolute atomic E-state index is 0.208. The van der Waals surface area contributed by atoms with Gasteiger partial charge in [-0.2, -0.15) is 4.98 Å². The second-order valence-corrected chi connectivity index (χ2v) is 11.5. The minimum Gasteiger partial charge on any atom is -0.349 e. The van der Waals surface area contributed by atoms with Crippen molar-refractivity contribution in [2.75, 3.05) is 23.9 Å². The zero-order valence-corrected chi connectivity index (χ0v) is 20.7. The van der Waals surface area contributed by atoms with Crippen molar-refractivity contribution in [3.05, 3.63) is 52.2 Å². The van der Waals surface area contributed by atoms with Gasteiger partial charge in [0.25, 0.3) is 5.91 Å². The molecule has 3 heterocycles. The van der Waals surface area contributed by atoms with Gasteiger partial charge in [0.2, 0.25) is 5.95 Å². The lowest BCUT2D eigenvalue weighted by atomic mass is 9.88. The zero-order valence-electron chi connectivity index (χ0n) is 19.9. The van der Waals surface area contributed by atoms with Crippen molar-refractivity contribution >= 4 is 39.8 Å². The van der Waals surface area contributed by atoms with Crippen molar-refractivity contribution in [3.63, 3.8) is 0 Å². The number of nitrogens with zero attached hydrogens (tertiary/aromatic N) is 3. The number of carbonyl (C=O) groups is 1. The van der Waals surface area contributed by atoms with Gasteiger partial charge in [0.05, 0.1) is 5.69 Å². The molecule has 0 unspecified atom stereocenters. The average molecular weight is 506 g/mol. The molecule has 1 amide bonds. The first kappa shape index (κ1) is 22.1. The Morgan fingerprint density at radius 1 is 1.17 bits per heavy atom. The Morgan fingerprint density at radius 2 is 2.03 bits per heavy atom. The van der Waals surface area contributed by atoms with E-state index in [1.807, 2.05) is 5.38 Å². The third kappa shape index (κ3) is 4.02. The number of anilines is 4. The topological polar surface area (TPSA) is 104 Å². The van der Waals surface area contributed by atoms with Crippen molar-refractivity contribution in [1.29, 1.82) is 0 Å². The van der Waals surface area contributed by atoms with Gasteiger partial charge in [-0.1, -0.05) is 6.07 Å². The van der Waals surface area contributed by atoms with E-state index in [0.29, 0.717) is 27.9 Å². The molecular formula is C26H28FN7OS. The molecule has 4 N–H and O–H groups in total. The largest absolute Gasteiger partial charge is 0.349 e. The van der Waals surface area contributed by atoms with Crippen molar-refractivity contribution in [3.8, 4) is 0 Å². The quantitative estimate of drug-likeness (QED) is 0.359. The lowest BCUT2D eigenvalue weighted by Crippen LogP contribution is -2.33. The highest BCUT2D eigenvalue weighted by Gasteiger charge is 2.47. The summed E-state index contributed by atoms with van der Waals surface area (Å²) in [7, 11) is 0. The molecule has 1 aromatic carbocycles. The molecule has 2 aromatic heterocycles. The highest BCUT2D eigenvalue weighted by molar-refractivity contribution is 7.13. The number of rotatable bonds is 8. The first-order valence-corrected chi connectivity index (χ1v) is 13.5. The van der Waals surface area contributed by atoms with Gasteiger partial charge in [-0.3, -0.25) is 9.18 Å². The SMILES string of the molecule is O=C(NC1CC1)c1cnc(Nc2ccc3c(c2)CNCC32CC2)nc1Nc1nc(C2(CF)CC2)cs1. The van der Waals surface area contributed by atoms with Gasteiger partial charge in [-0.05, 0) is 61.8 Å². The molecule has 1 aliphatic heterocycles. The van der Waals surface area contributed by atoms with Gasteiger partial charge in [0, 0.05) is 47.2 Å². The number of fused-ring (bicyclic) bond motifs is 2. The van der Waals surface area contributed by atoms with Crippen LogP contribution in [0.1, 0.15) is 65.7 Å². The highest BCUT2D eigenvalue weighted by Crippen LogP contribution is 2.51. The van der Waals surface area contributed by atoms with E-state index in [4.69, 9.17) is 0 Å². The van der Waals surface area contributed by atoms with Gasteiger partial charge in [-0.15, -0.1) is 11.3 Å². The maximum Gasteiger partial charge on any atom is 0.256 e. The molecule has 8 nitrogen and oxygen atoms in total. The number of amides is 1. The number of thiazole rings is 1. The molecule has 7 rings (SSSR count). The van der Waals surface area contributed by atoms with Crippen molar-refractivity contribution in [2.45, 2.75) is 61.9 Å². The van der Waals surface area contributed by atoms with Gasteiger partial charge in [-0.25, -0.2) is 9.97 Å². The lowest BCUT2D eigenvalue weighted by molar-refractivity contribution is 0.0951. The Bertz CT molecular complexity index is 1350. The van der Waals surface area contributed by atoms with Crippen LogP contribution >= 0.6 is 11.3 Å². The normalized spacial score (nSPS) is 20.5. The summed E-state index contributed by atoms with van der Waals surface area (Å²) in [5.74, 6) is 0.568. The van der Waals surface area contributed by atoms with Crippen LogP contribution in [0.3, 0.4) is 0 Å². The predicted octanol–water partition coefficient (Wildman–Crippen LogP) is 4.45. The molecule has 0 bridgehead atoms. The zero-order chi connectivity index (χ0) is 24.3. The molecule has 0 atom stereocenters. The van der Waals surface area contributed by atoms with Crippen molar-refractivity contribution in [1.82, 2.24) is 25.6 Å². The van der Waals surface area contributed by atoms with Crippen LogP contribution in [0.25, 0.3) is 0 Å². The summed E-state index contributed by atoms with van der Waals surface area (Å²) >= 11 is 1.40. The highest BCUT2D eigenvalue weighted by atomic mass is 32.1. The van der Waals surface area contributed by atoms with Gasteiger partial charge < -0.3 is 21.3 Å². The van der Waals surface area contributed by atoms with E-state index >= 15 is 0 Å². The molecule has 3 saturated carbocycles. The van der Waals surface area contributed by atoms with E-state index in [9.17, 15) is 9.18 Å². The molecule has 186 valence electrons. The second kappa shape index (κ2) is 8.21. The summed E-state index contributed by atoms with van der Waals surface area (Å²) < 4.78 is 13.5. The van der Waals surface area contributed by atoms with Crippen molar-refractivity contribution in [2.24, 2.45) is 0 Å². The third-order valence-electron chi connectivity index (χ3n) is 7.89. The number of alkyl halides is 1. The molecule has 4 aliphatic rings. The molecule has 3 fully saturated rings. The number of halogens is 1. The average Bonchev–Trinajstić information content (AvgIpc) is 3.80. The number of benzene rings is 1. The summed E-state index contributed by atoms with van der Waals surface area (Å²) in [6.45, 7) is 1.51. The molecule has 36 heavy (non-hydrogen) atoms. The maximum absolute atomic E-state index is 13.5. The molecule has 0 saturated heterocycles. The Morgan fingerprint density at radius 3 is 2.78 bits per heavy atom. The molecule has 0 radical (unpaired) electrons. The summed E-state index contributed by atoms with van der Waals surface area (Å²) in [5.41, 5.74) is 4.68. The molecule has 1 spiro atoms. The lowest BCUT2D eigenvalue weighted by Gasteiger charge is -2.26. The Hall–Kier alpha value is -3.11. The third-order valence-corrected chi connectivity index (χ3v) is 8.65. The summed E-state index contributed by atoms with van der Waals surface area (Å²) in [6.07, 6.45) is 7.66. The number of hydrogen-bond donors (Lipinski definition) is 4. The minimum atomic E-state index is -0.429. The maximum atomic E-state index is 13.5. The smallest absolute Gasteiger partial charge is 0.256 e. The summed E-state index contributed by atoms with van der Waals surface area (Å²) in [4.78, 5) is 26.6. The molecule has 10 heteroatoms. The van der Waals surface area contributed by atoms with Crippen LogP contribution in [-0.2, 0) is 17.4 Å². The van der Waals surface area contributed by atoms with Crippen LogP contribution in [0.4, 0.5) is 27.0 Å². The van der Waals surface area contributed by atoms with Crippen LogP contribution in [0.5, 0.6) is 0 Å². The molecule has 3 aliphatic carbocycles. The monoisotopic (exact) mass is 505 g/mol.